The van der Waals surface area contributed by atoms with Gasteiger partial charge in [-0.2, -0.15) is 4.36 Å². The van der Waals surface area contributed by atoms with Crippen LogP contribution in [0.4, 0.5) is 5.69 Å². The Balaban J connectivity index is 1.23. The number of nitrogens with zero attached hydrogens (tertiary/aromatic N) is 2. The van der Waals surface area contributed by atoms with Crippen LogP contribution in [0.2, 0.25) is 5.02 Å². The van der Waals surface area contributed by atoms with E-state index in [-0.39, 0.29) is 17.4 Å². The van der Waals surface area contributed by atoms with Crippen molar-refractivity contribution in [2.24, 2.45) is 22.1 Å². The molecule has 0 saturated heterocycles. The second-order valence-corrected chi connectivity index (χ2v) is 14.1. The zero-order valence-corrected chi connectivity index (χ0v) is 26.3. The highest BCUT2D eigenvalue weighted by atomic mass is 35.5. The van der Waals surface area contributed by atoms with E-state index >= 15 is 0 Å². The van der Waals surface area contributed by atoms with Crippen molar-refractivity contribution >= 4 is 33.8 Å². The third kappa shape index (κ3) is 6.68. The predicted molar refractivity (Wildman–Crippen MR) is 168 cm³/mol. The zero-order valence-electron chi connectivity index (χ0n) is 24.6. The van der Waals surface area contributed by atoms with E-state index in [0.29, 0.717) is 29.8 Å². The Bertz CT molecular complexity index is 1390. The molecule has 1 fully saturated rings. The van der Waals surface area contributed by atoms with Crippen molar-refractivity contribution in [2.45, 2.75) is 63.9 Å². The SMILES string of the molecule is CO[C@@H](/C=C/C[C@H](C)C/[SH](=O)=N\C(=O)c1ccc2c(c1)N(C)C[C@@]1(CCCc3cc(Cl)ccc31)CO2)[C@@H]1CC[C@H]1C. The van der Waals surface area contributed by atoms with Crippen molar-refractivity contribution in [2.75, 3.05) is 38.0 Å². The fourth-order valence-electron chi connectivity index (χ4n) is 6.79. The Labute approximate surface area is 251 Å². The van der Waals surface area contributed by atoms with E-state index in [9.17, 15) is 9.00 Å². The van der Waals surface area contributed by atoms with E-state index in [1.54, 1.807) is 13.2 Å². The van der Waals surface area contributed by atoms with E-state index in [0.717, 1.165) is 48.7 Å². The predicted octanol–water partition coefficient (Wildman–Crippen LogP) is 6.89. The van der Waals surface area contributed by atoms with Crippen molar-refractivity contribution in [3.8, 4) is 5.75 Å². The Morgan fingerprint density at radius 3 is 2.85 bits per heavy atom. The molecular formula is C33H43ClN2O4S. The minimum absolute atomic E-state index is 0.141. The average molecular weight is 599 g/mol. The Morgan fingerprint density at radius 2 is 2.12 bits per heavy atom. The number of anilines is 1. The van der Waals surface area contributed by atoms with Gasteiger partial charge in [0, 0.05) is 53.1 Å². The first-order valence-electron chi connectivity index (χ1n) is 14.9. The summed E-state index contributed by atoms with van der Waals surface area (Å²) in [6.07, 6.45) is 10.8. The highest BCUT2D eigenvalue weighted by molar-refractivity contribution is 7.75. The van der Waals surface area contributed by atoms with E-state index in [1.165, 1.54) is 24.0 Å². The maximum atomic E-state index is 13.0. The summed E-state index contributed by atoms with van der Waals surface area (Å²) in [5, 5.41) is 0.765. The van der Waals surface area contributed by atoms with Crippen molar-refractivity contribution < 1.29 is 18.5 Å². The van der Waals surface area contributed by atoms with Crippen LogP contribution in [0, 0.1) is 17.8 Å². The lowest BCUT2D eigenvalue weighted by Crippen LogP contribution is -2.44. The summed E-state index contributed by atoms with van der Waals surface area (Å²) in [5.74, 6) is 2.12. The van der Waals surface area contributed by atoms with Crippen LogP contribution in [0.3, 0.4) is 0 Å². The van der Waals surface area contributed by atoms with Gasteiger partial charge in [0.15, 0.2) is 0 Å². The second kappa shape index (κ2) is 12.9. The largest absolute Gasteiger partial charge is 0.490 e. The number of amides is 1. The topological polar surface area (TPSA) is 68.2 Å². The number of halogens is 1. The monoisotopic (exact) mass is 598 g/mol. The van der Waals surface area contributed by atoms with Crippen molar-refractivity contribution in [1.29, 1.82) is 0 Å². The molecule has 0 bridgehead atoms. The first kappa shape index (κ1) is 30.1. The summed E-state index contributed by atoms with van der Waals surface area (Å²) in [7, 11) is 1.81. The number of methoxy groups -OCH3 is 1. The molecule has 0 aromatic heterocycles. The van der Waals surface area contributed by atoms with Crippen LogP contribution in [-0.2, 0) is 27.2 Å². The van der Waals surface area contributed by atoms with Gasteiger partial charge in [0.05, 0.1) is 18.4 Å². The molecule has 2 aromatic carbocycles. The molecule has 2 aliphatic carbocycles. The highest BCUT2D eigenvalue weighted by Crippen LogP contribution is 2.44. The molecule has 0 N–H and O–H groups in total. The molecule has 1 saturated carbocycles. The summed E-state index contributed by atoms with van der Waals surface area (Å²) in [6, 6.07) is 11.6. The van der Waals surface area contributed by atoms with Gasteiger partial charge in [-0.05, 0) is 97.7 Å². The van der Waals surface area contributed by atoms with Crippen LogP contribution in [0.25, 0.3) is 0 Å². The number of allylic oxidation sites excluding steroid dienone is 1. The molecule has 5 rings (SSSR count). The third-order valence-corrected chi connectivity index (χ3v) is 10.9. The molecule has 41 heavy (non-hydrogen) atoms. The molecule has 222 valence electrons. The van der Waals surface area contributed by atoms with Gasteiger partial charge in [-0.3, -0.25) is 9.00 Å². The number of carbonyl (C=O) groups excluding carboxylic acids is 1. The average Bonchev–Trinajstić information content (AvgIpc) is 3.07. The smallest absolute Gasteiger partial charge is 0.284 e. The van der Waals surface area contributed by atoms with Crippen LogP contribution in [0.5, 0.6) is 5.75 Å². The van der Waals surface area contributed by atoms with Gasteiger partial charge in [0.25, 0.3) is 5.91 Å². The van der Waals surface area contributed by atoms with Gasteiger partial charge < -0.3 is 14.4 Å². The molecule has 0 radical (unpaired) electrons. The Morgan fingerprint density at radius 1 is 1.29 bits per heavy atom. The number of ether oxygens (including phenoxy) is 2. The third-order valence-electron chi connectivity index (χ3n) is 9.32. The number of fused-ring (bicyclic) bond motifs is 3. The summed E-state index contributed by atoms with van der Waals surface area (Å²) in [5.41, 5.74) is 3.73. The highest BCUT2D eigenvalue weighted by Gasteiger charge is 2.41. The normalized spacial score (nSPS) is 26.0. The second-order valence-electron chi connectivity index (χ2n) is 12.4. The van der Waals surface area contributed by atoms with Crippen LogP contribution in [0.15, 0.2) is 52.9 Å². The van der Waals surface area contributed by atoms with Gasteiger partial charge in [-0.1, -0.05) is 43.7 Å². The number of aryl methyl sites for hydroxylation is 1. The lowest BCUT2D eigenvalue weighted by Gasteiger charge is -2.39. The van der Waals surface area contributed by atoms with Gasteiger partial charge in [0.1, 0.15) is 5.75 Å². The van der Waals surface area contributed by atoms with Crippen LogP contribution >= 0.6 is 11.6 Å². The first-order chi connectivity index (χ1) is 19.7. The molecule has 3 aliphatic rings. The number of hydrogen-bond donors (Lipinski definition) is 1. The summed E-state index contributed by atoms with van der Waals surface area (Å²) in [6.45, 7) is 5.66. The maximum absolute atomic E-state index is 13.0. The number of thiol groups is 1. The molecule has 1 aliphatic heterocycles. The maximum Gasteiger partial charge on any atom is 0.284 e. The van der Waals surface area contributed by atoms with E-state index in [2.05, 4.69) is 40.5 Å². The Kier molecular flexibility index (Phi) is 9.47. The van der Waals surface area contributed by atoms with E-state index < -0.39 is 16.5 Å². The molecule has 6 nitrogen and oxygen atoms in total. The quantitative estimate of drug-likeness (QED) is 0.265. The number of hydrogen-bond acceptors (Lipinski definition) is 5. The Hall–Kier alpha value is -2.35. The van der Waals surface area contributed by atoms with Gasteiger partial charge in [-0.25, -0.2) is 0 Å². The molecule has 1 spiro atoms. The molecule has 2 aromatic rings. The first-order valence-corrected chi connectivity index (χ1v) is 16.6. The number of likely N-dealkylation sites (N-methyl/N-ethyl adjacent to an activating group) is 1. The summed E-state index contributed by atoms with van der Waals surface area (Å²) >= 11 is 6.30. The molecule has 1 unspecified atom stereocenters. The minimum atomic E-state index is -2.00. The fourth-order valence-corrected chi connectivity index (χ4v) is 8.06. The van der Waals surface area contributed by atoms with Gasteiger partial charge in [-0.15, -0.1) is 0 Å². The summed E-state index contributed by atoms with van der Waals surface area (Å²) in [4.78, 5) is 15.2. The van der Waals surface area contributed by atoms with E-state index in [4.69, 9.17) is 21.1 Å². The van der Waals surface area contributed by atoms with Crippen LogP contribution in [0.1, 0.15) is 67.4 Å². The van der Waals surface area contributed by atoms with Gasteiger partial charge >= 0.3 is 0 Å². The fraction of sp³-hybridized carbons (Fsp3) is 0.545. The standard InChI is InChI=1S/C33H43ClN2O4S/c1-22(7-5-9-30(39-4)27-13-10-23(27)2)19-41(38)35-32(37)25-11-15-31-29(18-25)36(3)20-33(21-40-31)16-6-8-24-17-26(34)12-14-28(24)33/h5,9,11-12,14-15,17-18,22-23,27,30,41H,6-8,10,13,16,19-21H2,1-4H3/b9-5+/t22-,23+,27+,30-,33-/m0/s1. The van der Waals surface area contributed by atoms with Crippen LogP contribution < -0.4 is 9.64 Å². The molecular weight excluding hydrogens is 556 g/mol. The number of benzene rings is 2. The lowest BCUT2D eigenvalue weighted by atomic mass is 9.70. The molecule has 1 heterocycles. The molecule has 1 amide bonds. The zero-order chi connectivity index (χ0) is 29.1. The number of rotatable bonds is 8. The van der Waals surface area contributed by atoms with Crippen molar-refractivity contribution in [1.82, 2.24) is 0 Å². The van der Waals surface area contributed by atoms with Crippen molar-refractivity contribution in [3.05, 3.63) is 70.3 Å². The van der Waals surface area contributed by atoms with E-state index in [1.807, 2.05) is 32.2 Å². The minimum Gasteiger partial charge on any atom is -0.490 e. The summed E-state index contributed by atoms with van der Waals surface area (Å²) < 4.78 is 28.9. The molecule has 6 atom stereocenters. The molecule has 8 heteroatoms. The van der Waals surface area contributed by atoms with Crippen LogP contribution in [-0.4, -0.2) is 49.3 Å². The lowest BCUT2D eigenvalue weighted by molar-refractivity contribution is 0.0178. The van der Waals surface area contributed by atoms with Crippen molar-refractivity contribution in [3.63, 3.8) is 0 Å². The number of carbonyl (C=O) groups is 1. The van der Waals surface area contributed by atoms with Gasteiger partial charge in [0.2, 0.25) is 0 Å².